The molecule has 0 aliphatic heterocycles. The van der Waals surface area contributed by atoms with Crippen molar-refractivity contribution < 1.29 is 19.4 Å². The highest BCUT2D eigenvalue weighted by atomic mass is 79.9. The predicted octanol–water partition coefficient (Wildman–Crippen LogP) is 2.13. The van der Waals surface area contributed by atoms with Gasteiger partial charge in [0.25, 0.3) is 0 Å². The number of aromatic hydroxyl groups is 2. The highest BCUT2D eigenvalue weighted by Crippen LogP contribution is 2.36. The molecule has 5 heteroatoms. The SMILES string of the molecule is CC(=O)Cc1cc(Br)c(F)c(O)c1O. The van der Waals surface area contributed by atoms with Crippen molar-refractivity contribution in [3.05, 3.63) is 21.9 Å². The monoisotopic (exact) mass is 262 g/mol. The van der Waals surface area contributed by atoms with E-state index < -0.39 is 17.3 Å². The lowest BCUT2D eigenvalue weighted by atomic mass is 10.1. The van der Waals surface area contributed by atoms with Crippen LogP contribution < -0.4 is 0 Å². The van der Waals surface area contributed by atoms with Crippen LogP contribution in [-0.2, 0) is 11.2 Å². The Kier molecular flexibility index (Phi) is 3.10. The van der Waals surface area contributed by atoms with Gasteiger partial charge in [-0.25, -0.2) is 4.39 Å². The molecule has 0 saturated carbocycles. The highest BCUT2D eigenvalue weighted by molar-refractivity contribution is 9.10. The Morgan fingerprint density at radius 1 is 1.50 bits per heavy atom. The van der Waals surface area contributed by atoms with Crippen LogP contribution in [0.15, 0.2) is 10.5 Å². The minimum atomic E-state index is -0.935. The Balaban J connectivity index is 3.25. The number of benzene rings is 1. The molecule has 1 aromatic rings. The van der Waals surface area contributed by atoms with Gasteiger partial charge >= 0.3 is 0 Å². The number of hydrogen-bond acceptors (Lipinski definition) is 3. The van der Waals surface area contributed by atoms with Crippen LogP contribution in [0.1, 0.15) is 12.5 Å². The fourth-order valence-corrected chi connectivity index (χ4v) is 1.52. The third-order valence-electron chi connectivity index (χ3n) is 1.69. The van der Waals surface area contributed by atoms with E-state index in [4.69, 9.17) is 5.11 Å². The number of phenolic OH excluding ortho intramolecular Hbond substituents is 2. The van der Waals surface area contributed by atoms with Crippen molar-refractivity contribution in [2.45, 2.75) is 13.3 Å². The number of rotatable bonds is 2. The van der Waals surface area contributed by atoms with E-state index in [1.807, 2.05) is 0 Å². The molecule has 0 bridgehead atoms. The lowest BCUT2D eigenvalue weighted by Crippen LogP contribution is -1.98. The first-order valence-electron chi connectivity index (χ1n) is 3.81. The van der Waals surface area contributed by atoms with Gasteiger partial charge in [-0.05, 0) is 28.9 Å². The molecule has 0 amide bonds. The Morgan fingerprint density at radius 3 is 2.57 bits per heavy atom. The molecule has 3 nitrogen and oxygen atoms in total. The van der Waals surface area contributed by atoms with Crippen LogP contribution in [-0.4, -0.2) is 16.0 Å². The van der Waals surface area contributed by atoms with E-state index in [1.54, 1.807) is 0 Å². The van der Waals surface area contributed by atoms with Crippen LogP contribution in [0.4, 0.5) is 4.39 Å². The zero-order valence-electron chi connectivity index (χ0n) is 7.34. The van der Waals surface area contributed by atoms with Gasteiger partial charge in [0, 0.05) is 12.0 Å². The van der Waals surface area contributed by atoms with Gasteiger partial charge in [-0.2, -0.15) is 0 Å². The molecule has 0 radical (unpaired) electrons. The lowest BCUT2D eigenvalue weighted by molar-refractivity contribution is -0.116. The van der Waals surface area contributed by atoms with Crippen molar-refractivity contribution in [2.75, 3.05) is 0 Å². The van der Waals surface area contributed by atoms with Gasteiger partial charge in [0.05, 0.1) is 4.47 Å². The molecule has 1 rings (SSSR count). The average Bonchev–Trinajstić information content (AvgIpc) is 2.10. The summed E-state index contributed by atoms with van der Waals surface area (Å²) in [6, 6.07) is 1.27. The maximum atomic E-state index is 13.0. The molecular formula is C9H8BrFO3. The van der Waals surface area contributed by atoms with Gasteiger partial charge in [-0.15, -0.1) is 0 Å². The van der Waals surface area contributed by atoms with Gasteiger partial charge < -0.3 is 10.2 Å². The van der Waals surface area contributed by atoms with Crippen molar-refractivity contribution in [2.24, 2.45) is 0 Å². The molecule has 14 heavy (non-hydrogen) atoms. The Labute approximate surface area is 88.3 Å². The van der Waals surface area contributed by atoms with E-state index in [0.717, 1.165) is 0 Å². The number of phenols is 2. The number of hydrogen-bond donors (Lipinski definition) is 2. The summed E-state index contributed by atoms with van der Waals surface area (Å²) in [5, 5.41) is 18.4. The summed E-state index contributed by atoms with van der Waals surface area (Å²) >= 11 is 2.86. The quantitative estimate of drug-likeness (QED) is 0.803. The summed E-state index contributed by atoms with van der Waals surface area (Å²) in [5.41, 5.74) is 0.197. The number of carbonyl (C=O) groups excluding carboxylic acids is 1. The van der Waals surface area contributed by atoms with Gasteiger partial charge in [-0.3, -0.25) is 4.79 Å². The van der Waals surface area contributed by atoms with E-state index in [-0.39, 0.29) is 22.2 Å². The highest BCUT2D eigenvalue weighted by Gasteiger charge is 2.16. The van der Waals surface area contributed by atoms with Crippen LogP contribution in [0.25, 0.3) is 0 Å². The van der Waals surface area contributed by atoms with Crippen LogP contribution in [0.5, 0.6) is 11.5 Å². The minimum absolute atomic E-state index is 0.0176. The number of carbonyl (C=O) groups is 1. The van der Waals surface area contributed by atoms with E-state index >= 15 is 0 Å². The van der Waals surface area contributed by atoms with Crippen LogP contribution in [0.3, 0.4) is 0 Å². The van der Waals surface area contributed by atoms with Crippen LogP contribution in [0.2, 0.25) is 0 Å². The first-order valence-corrected chi connectivity index (χ1v) is 4.61. The fraction of sp³-hybridized carbons (Fsp3) is 0.222. The fourth-order valence-electron chi connectivity index (χ4n) is 1.06. The van der Waals surface area contributed by atoms with Crippen molar-refractivity contribution >= 4 is 21.7 Å². The largest absolute Gasteiger partial charge is 0.504 e. The maximum Gasteiger partial charge on any atom is 0.195 e. The van der Waals surface area contributed by atoms with Gasteiger partial charge in [0.15, 0.2) is 17.3 Å². The van der Waals surface area contributed by atoms with Gasteiger partial charge in [0.1, 0.15) is 5.78 Å². The van der Waals surface area contributed by atoms with Gasteiger partial charge in [-0.1, -0.05) is 0 Å². The normalized spacial score (nSPS) is 10.2. The Hall–Kier alpha value is -1.10. The van der Waals surface area contributed by atoms with E-state index in [0.29, 0.717) is 0 Å². The number of ketones is 1. The second-order valence-corrected chi connectivity index (χ2v) is 3.76. The van der Waals surface area contributed by atoms with E-state index in [9.17, 15) is 14.3 Å². The predicted molar refractivity (Wildman–Crippen MR) is 51.8 cm³/mol. The second-order valence-electron chi connectivity index (χ2n) is 2.91. The summed E-state index contributed by atoms with van der Waals surface area (Å²) in [4.78, 5) is 10.8. The molecule has 0 atom stereocenters. The molecule has 0 fully saturated rings. The third-order valence-corrected chi connectivity index (χ3v) is 2.26. The molecular weight excluding hydrogens is 255 g/mol. The first kappa shape index (κ1) is 11.0. The average molecular weight is 263 g/mol. The van der Waals surface area contributed by atoms with Crippen molar-refractivity contribution in [3.8, 4) is 11.5 Å². The van der Waals surface area contributed by atoms with Crippen LogP contribution in [0, 0.1) is 5.82 Å². The van der Waals surface area contributed by atoms with Crippen LogP contribution >= 0.6 is 15.9 Å². The molecule has 0 heterocycles. The maximum absolute atomic E-state index is 13.0. The van der Waals surface area contributed by atoms with Crippen molar-refractivity contribution in [1.82, 2.24) is 0 Å². The molecule has 0 aliphatic carbocycles. The summed E-state index contributed by atoms with van der Waals surface area (Å²) < 4.78 is 13.0. The summed E-state index contributed by atoms with van der Waals surface area (Å²) in [6.45, 7) is 1.34. The lowest BCUT2D eigenvalue weighted by Gasteiger charge is -2.06. The van der Waals surface area contributed by atoms with Crippen molar-refractivity contribution in [3.63, 3.8) is 0 Å². The van der Waals surface area contributed by atoms with E-state index in [1.165, 1.54) is 13.0 Å². The summed E-state index contributed by atoms with van der Waals surface area (Å²) in [5.74, 6) is -2.54. The zero-order chi connectivity index (χ0) is 10.9. The molecule has 1 aromatic carbocycles. The molecule has 0 aliphatic rings. The topological polar surface area (TPSA) is 57.5 Å². The third kappa shape index (κ3) is 2.04. The standard InChI is InChI=1S/C9H8BrFO3/c1-4(12)2-5-3-6(10)7(11)9(14)8(5)13/h3,13-14H,2H2,1H3. The minimum Gasteiger partial charge on any atom is -0.504 e. The molecule has 76 valence electrons. The summed E-state index contributed by atoms with van der Waals surface area (Å²) in [7, 11) is 0. The number of halogens is 2. The Morgan fingerprint density at radius 2 is 2.07 bits per heavy atom. The van der Waals surface area contributed by atoms with Crippen molar-refractivity contribution in [1.29, 1.82) is 0 Å². The number of Topliss-reactive ketones (excluding diaryl/α,β-unsaturated/α-hetero) is 1. The smallest absolute Gasteiger partial charge is 0.195 e. The zero-order valence-corrected chi connectivity index (χ0v) is 8.93. The summed E-state index contributed by atoms with van der Waals surface area (Å²) in [6.07, 6.45) is -0.0434. The molecule has 0 aromatic heterocycles. The van der Waals surface area contributed by atoms with Gasteiger partial charge in [0.2, 0.25) is 0 Å². The molecule has 2 N–H and O–H groups in total. The molecule has 0 spiro atoms. The molecule has 0 unspecified atom stereocenters. The Bertz CT molecular complexity index is 390. The molecule has 0 saturated heterocycles. The first-order chi connectivity index (χ1) is 6.43. The second kappa shape index (κ2) is 3.96. The van der Waals surface area contributed by atoms with E-state index in [2.05, 4.69) is 15.9 Å².